The maximum atomic E-state index is 13.1. The minimum absolute atomic E-state index is 0.0371. The molecule has 164 valence electrons. The van der Waals surface area contributed by atoms with Gasteiger partial charge in [0, 0.05) is 45.2 Å². The summed E-state index contributed by atoms with van der Waals surface area (Å²) in [6, 6.07) is 5.27. The molecule has 2 amide bonds. The summed E-state index contributed by atoms with van der Waals surface area (Å²) < 4.78 is 39.3. The highest BCUT2D eigenvalue weighted by Gasteiger charge is 2.40. The van der Waals surface area contributed by atoms with Crippen molar-refractivity contribution >= 4 is 23.6 Å². The van der Waals surface area contributed by atoms with E-state index in [2.05, 4.69) is 4.90 Å². The Morgan fingerprint density at radius 3 is 2.47 bits per heavy atom. The summed E-state index contributed by atoms with van der Waals surface area (Å²) in [7, 11) is 0. The van der Waals surface area contributed by atoms with Crippen molar-refractivity contribution < 1.29 is 22.8 Å². The van der Waals surface area contributed by atoms with E-state index in [4.69, 9.17) is 0 Å². The van der Waals surface area contributed by atoms with Crippen LogP contribution >= 0.6 is 11.8 Å². The molecule has 9 heteroatoms. The van der Waals surface area contributed by atoms with Crippen molar-refractivity contribution in [1.29, 1.82) is 0 Å². The molecular weight excluding hydrogens is 415 g/mol. The van der Waals surface area contributed by atoms with E-state index in [1.807, 2.05) is 4.90 Å². The van der Waals surface area contributed by atoms with Crippen molar-refractivity contribution in [3.8, 4) is 0 Å². The van der Waals surface area contributed by atoms with E-state index in [0.717, 1.165) is 38.1 Å². The number of halogens is 3. The van der Waals surface area contributed by atoms with E-state index in [9.17, 15) is 22.8 Å². The number of piperazine rings is 1. The largest absolute Gasteiger partial charge is 0.416 e. The molecule has 0 radical (unpaired) electrons. The van der Waals surface area contributed by atoms with Gasteiger partial charge in [-0.2, -0.15) is 13.2 Å². The van der Waals surface area contributed by atoms with Crippen molar-refractivity contribution in [1.82, 2.24) is 14.7 Å². The first-order valence-electron chi connectivity index (χ1n) is 10.4. The van der Waals surface area contributed by atoms with Gasteiger partial charge in [-0.25, -0.2) is 0 Å². The van der Waals surface area contributed by atoms with Crippen LogP contribution in [-0.4, -0.2) is 71.0 Å². The molecule has 1 aromatic carbocycles. The molecular formula is C21H26F3N3O2S. The average Bonchev–Trinajstić information content (AvgIpc) is 3.53. The maximum absolute atomic E-state index is 13.1. The molecule has 2 unspecified atom stereocenters. The van der Waals surface area contributed by atoms with Crippen LogP contribution in [0.25, 0.3) is 0 Å². The average molecular weight is 442 g/mol. The molecule has 30 heavy (non-hydrogen) atoms. The molecule has 1 aromatic rings. The predicted octanol–water partition coefficient (Wildman–Crippen LogP) is 3.22. The van der Waals surface area contributed by atoms with Crippen LogP contribution < -0.4 is 0 Å². The quantitative estimate of drug-likeness (QED) is 0.704. The molecule has 3 fully saturated rings. The first kappa shape index (κ1) is 21.5. The van der Waals surface area contributed by atoms with Crippen LogP contribution in [0.2, 0.25) is 0 Å². The van der Waals surface area contributed by atoms with E-state index < -0.39 is 17.1 Å². The number of amides is 2. The molecule has 3 aliphatic rings. The van der Waals surface area contributed by atoms with Crippen LogP contribution in [0.3, 0.4) is 0 Å². The lowest BCUT2D eigenvalue weighted by Gasteiger charge is -2.36. The molecule has 0 bridgehead atoms. The third kappa shape index (κ3) is 4.61. The van der Waals surface area contributed by atoms with Crippen molar-refractivity contribution in [3.63, 3.8) is 0 Å². The van der Waals surface area contributed by atoms with E-state index >= 15 is 0 Å². The van der Waals surface area contributed by atoms with Crippen LogP contribution in [0.15, 0.2) is 24.3 Å². The summed E-state index contributed by atoms with van der Waals surface area (Å²) in [5.74, 6) is 0.453. The SMILES string of the molecule is CC1SC(c2cccc(C(F)(F)F)c2)N(CCN2CCN(C(=O)C3CC3)CC2)C1=O. The lowest BCUT2D eigenvalue weighted by atomic mass is 10.1. The fourth-order valence-corrected chi connectivity index (χ4v) is 5.36. The Bertz CT molecular complexity index is 807. The number of thioether (sulfide) groups is 1. The van der Waals surface area contributed by atoms with E-state index in [0.29, 0.717) is 31.7 Å². The third-order valence-corrected chi connectivity index (χ3v) is 7.41. The van der Waals surface area contributed by atoms with E-state index in [1.165, 1.54) is 17.8 Å². The summed E-state index contributed by atoms with van der Waals surface area (Å²) in [5, 5.41) is -0.690. The number of rotatable bonds is 5. The van der Waals surface area contributed by atoms with Crippen molar-refractivity contribution in [2.45, 2.75) is 36.6 Å². The van der Waals surface area contributed by atoms with Gasteiger partial charge < -0.3 is 9.80 Å². The summed E-state index contributed by atoms with van der Waals surface area (Å²) in [4.78, 5) is 30.7. The molecule has 2 aliphatic heterocycles. The minimum Gasteiger partial charge on any atom is -0.340 e. The fourth-order valence-electron chi connectivity index (χ4n) is 4.06. The first-order chi connectivity index (χ1) is 14.2. The van der Waals surface area contributed by atoms with Gasteiger partial charge >= 0.3 is 6.18 Å². The van der Waals surface area contributed by atoms with Gasteiger partial charge in [0.05, 0.1) is 10.8 Å². The Hall–Kier alpha value is -1.74. The summed E-state index contributed by atoms with van der Waals surface area (Å²) in [6.45, 7) is 5.84. The standard InChI is InChI=1S/C21H26F3N3O2S/c1-14-18(28)27(20(30-14)16-3-2-4-17(13-16)21(22,23)24)12-9-25-7-10-26(11-8-25)19(29)15-5-6-15/h2-4,13-15,20H,5-12H2,1H3. The molecule has 2 atom stereocenters. The van der Waals surface area contributed by atoms with Gasteiger partial charge in [0.25, 0.3) is 0 Å². The highest BCUT2D eigenvalue weighted by Crippen LogP contribution is 2.44. The monoisotopic (exact) mass is 441 g/mol. The zero-order valence-corrected chi connectivity index (χ0v) is 17.7. The molecule has 5 nitrogen and oxygen atoms in total. The second kappa shape index (κ2) is 8.42. The second-order valence-corrected chi connectivity index (χ2v) is 9.65. The molecule has 2 saturated heterocycles. The number of nitrogens with zero attached hydrogens (tertiary/aromatic N) is 3. The number of hydrogen-bond acceptors (Lipinski definition) is 4. The molecule has 0 N–H and O–H groups in total. The lowest BCUT2D eigenvalue weighted by molar-refractivity contribution is -0.137. The van der Waals surface area contributed by atoms with Gasteiger partial charge in [0.1, 0.15) is 5.37 Å². The van der Waals surface area contributed by atoms with Crippen LogP contribution in [0.1, 0.15) is 36.3 Å². The molecule has 4 rings (SSSR count). The fraction of sp³-hybridized carbons (Fsp3) is 0.619. The molecule has 0 spiro atoms. The Morgan fingerprint density at radius 2 is 1.83 bits per heavy atom. The first-order valence-corrected chi connectivity index (χ1v) is 11.3. The summed E-state index contributed by atoms with van der Waals surface area (Å²) in [6.07, 6.45) is -2.40. The minimum atomic E-state index is -4.41. The van der Waals surface area contributed by atoms with Gasteiger partial charge in [0.15, 0.2) is 0 Å². The van der Waals surface area contributed by atoms with Gasteiger partial charge in [-0.15, -0.1) is 11.8 Å². The Kier molecular flexibility index (Phi) is 6.03. The van der Waals surface area contributed by atoms with E-state index in [-0.39, 0.29) is 23.0 Å². The third-order valence-electron chi connectivity index (χ3n) is 6.01. The van der Waals surface area contributed by atoms with Crippen LogP contribution in [0.4, 0.5) is 13.2 Å². The number of alkyl halides is 3. The summed E-state index contributed by atoms with van der Waals surface area (Å²) in [5.41, 5.74) is -0.184. The van der Waals surface area contributed by atoms with Crippen molar-refractivity contribution in [2.24, 2.45) is 5.92 Å². The van der Waals surface area contributed by atoms with Crippen molar-refractivity contribution in [3.05, 3.63) is 35.4 Å². The maximum Gasteiger partial charge on any atom is 0.416 e. The summed E-state index contributed by atoms with van der Waals surface area (Å²) >= 11 is 1.39. The second-order valence-electron chi connectivity index (χ2n) is 8.23. The normalized spacial score (nSPS) is 25.8. The number of hydrogen-bond donors (Lipinski definition) is 0. The van der Waals surface area contributed by atoms with Gasteiger partial charge in [-0.05, 0) is 37.5 Å². The topological polar surface area (TPSA) is 43.9 Å². The Labute approximate surface area is 178 Å². The highest BCUT2D eigenvalue weighted by molar-refractivity contribution is 8.01. The number of benzene rings is 1. The van der Waals surface area contributed by atoms with E-state index in [1.54, 1.807) is 17.9 Å². The van der Waals surface area contributed by atoms with Crippen LogP contribution in [-0.2, 0) is 15.8 Å². The smallest absolute Gasteiger partial charge is 0.340 e. The van der Waals surface area contributed by atoms with Gasteiger partial charge in [-0.3, -0.25) is 14.5 Å². The van der Waals surface area contributed by atoms with Crippen molar-refractivity contribution in [2.75, 3.05) is 39.3 Å². The molecule has 2 heterocycles. The van der Waals surface area contributed by atoms with Crippen LogP contribution in [0, 0.1) is 5.92 Å². The molecule has 0 aromatic heterocycles. The molecule has 1 saturated carbocycles. The van der Waals surface area contributed by atoms with Crippen LogP contribution in [0.5, 0.6) is 0 Å². The lowest BCUT2D eigenvalue weighted by Crippen LogP contribution is -2.51. The number of carbonyl (C=O) groups excluding carboxylic acids is 2. The predicted molar refractivity (Wildman–Crippen MR) is 109 cm³/mol. The highest BCUT2D eigenvalue weighted by atomic mass is 32.2. The Balaban J connectivity index is 1.37. The van der Waals surface area contributed by atoms with Gasteiger partial charge in [-0.1, -0.05) is 12.1 Å². The molecule has 1 aliphatic carbocycles. The number of carbonyl (C=O) groups is 2. The zero-order chi connectivity index (χ0) is 21.5. The Morgan fingerprint density at radius 1 is 1.13 bits per heavy atom. The zero-order valence-electron chi connectivity index (χ0n) is 16.9. The van der Waals surface area contributed by atoms with Gasteiger partial charge in [0.2, 0.25) is 11.8 Å².